The summed E-state index contributed by atoms with van der Waals surface area (Å²) in [5, 5.41) is 6.63. The maximum Gasteiger partial charge on any atom is 0.306 e. The maximum atomic E-state index is 12.3. The molecule has 1 heterocycles. The standard InChI is InChI=1S/C18H21NO5S/c1-12(24-17(20)7-4-13-8-9-25-11-13)18(21)19-15-10-14(22-2)5-6-16(15)23-3/h5-6,8-12H,4,7H2,1-3H3,(H,19,21). The minimum Gasteiger partial charge on any atom is -0.497 e. The second kappa shape index (κ2) is 9.08. The molecule has 7 heteroatoms. The van der Waals surface area contributed by atoms with Gasteiger partial charge < -0.3 is 19.5 Å². The molecule has 0 bridgehead atoms. The molecule has 25 heavy (non-hydrogen) atoms. The molecule has 1 amide bonds. The fourth-order valence-corrected chi connectivity index (χ4v) is 2.84. The molecule has 0 saturated heterocycles. The van der Waals surface area contributed by atoms with Gasteiger partial charge in [-0.2, -0.15) is 11.3 Å². The third-order valence-electron chi connectivity index (χ3n) is 3.54. The summed E-state index contributed by atoms with van der Waals surface area (Å²) in [6.07, 6.45) is -0.0807. The maximum absolute atomic E-state index is 12.3. The van der Waals surface area contributed by atoms with Gasteiger partial charge in [0.1, 0.15) is 11.5 Å². The van der Waals surface area contributed by atoms with Crippen molar-refractivity contribution in [3.8, 4) is 11.5 Å². The van der Waals surface area contributed by atoms with Crippen LogP contribution in [0.4, 0.5) is 5.69 Å². The number of nitrogens with one attached hydrogen (secondary N) is 1. The highest BCUT2D eigenvalue weighted by Gasteiger charge is 2.19. The van der Waals surface area contributed by atoms with Crippen molar-refractivity contribution < 1.29 is 23.8 Å². The van der Waals surface area contributed by atoms with Gasteiger partial charge >= 0.3 is 5.97 Å². The zero-order valence-electron chi connectivity index (χ0n) is 14.4. The SMILES string of the molecule is COc1ccc(OC)c(NC(=O)C(C)OC(=O)CCc2ccsc2)c1. The number of ether oxygens (including phenoxy) is 3. The van der Waals surface area contributed by atoms with Gasteiger partial charge in [-0.25, -0.2) is 0 Å². The molecule has 6 nitrogen and oxygen atoms in total. The molecule has 0 spiro atoms. The summed E-state index contributed by atoms with van der Waals surface area (Å²) in [6, 6.07) is 7.01. The van der Waals surface area contributed by atoms with Gasteiger partial charge in [0.25, 0.3) is 5.91 Å². The van der Waals surface area contributed by atoms with E-state index in [1.165, 1.54) is 21.1 Å². The number of thiophene rings is 1. The van der Waals surface area contributed by atoms with E-state index in [4.69, 9.17) is 14.2 Å². The van der Waals surface area contributed by atoms with Crippen LogP contribution in [0, 0.1) is 0 Å². The van der Waals surface area contributed by atoms with Gasteiger partial charge in [0.05, 0.1) is 19.9 Å². The lowest BCUT2D eigenvalue weighted by Crippen LogP contribution is -2.30. The molecule has 2 rings (SSSR count). The molecule has 0 aliphatic rings. The molecule has 0 fully saturated rings. The molecular formula is C18H21NO5S. The third kappa shape index (κ3) is 5.49. The third-order valence-corrected chi connectivity index (χ3v) is 4.27. The van der Waals surface area contributed by atoms with Gasteiger partial charge in [-0.05, 0) is 47.9 Å². The van der Waals surface area contributed by atoms with Crippen molar-refractivity contribution in [2.24, 2.45) is 0 Å². The van der Waals surface area contributed by atoms with Gasteiger partial charge in [0.2, 0.25) is 0 Å². The lowest BCUT2D eigenvalue weighted by atomic mass is 10.2. The van der Waals surface area contributed by atoms with E-state index in [-0.39, 0.29) is 6.42 Å². The molecule has 1 atom stereocenters. The number of carbonyl (C=O) groups excluding carboxylic acids is 2. The van der Waals surface area contributed by atoms with Gasteiger partial charge in [-0.1, -0.05) is 0 Å². The average Bonchev–Trinajstić information content (AvgIpc) is 3.13. The summed E-state index contributed by atoms with van der Waals surface area (Å²) in [4.78, 5) is 24.2. The summed E-state index contributed by atoms with van der Waals surface area (Å²) in [7, 11) is 3.04. The van der Waals surface area contributed by atoms with Crippen molar-refractivity contribution in [2.75, 3.05) is 19.5 Å². The number of rotatable bonds is 8. The number of methoxy groups -OCH3 is 2. The van der Waals surface area contributed by atoms with Crippen molar-refractivity contribution in [1.82, 2.24) is 0 Å². The Morgan fingerprint density at radius 2 is 2.00 bits per heavy atom. The van der Waals surface area contributed by atoms with E-state index < -0.39 is 18.0 Å². The number of benzene rings is 1. The minimum atomic E-state index is -0.911. The van der Waals surface area contributed by atoms with E-state index in [9.17, 15) is 9.59 Å². The van der Waals surface area contributed by atoms with Gasteiger partial charge in [-0.15, -0.1) is 0 Å². The highest BCUT2D eigenvalue weighted by molar-refractivity contribution is 7.07. The van der Waals surface area contributed by atoms with Crippen LogP contribution in [-0.2, 0) is 20.7 Å². The monoisotopic (exact) mass is 363 g/mol. The van der Waals surface area contributed by atoms with E-state index in [1.54, 1.807) is 29.5 Å². The second-order valence-electron chi connectivity index (χ2n) is 5.32. The molecule has 134 valence electrons. The molecule has 1 unspecified atom stereocenters. The Labute approximate surface area is 150 Å². The second-order valence-corrected chi connectivity index (χ2v) is 6.10. The molecule has 0 aliphatic carbocycles. The summed E-state index contributed by atoms with van der Waals surface area (Å²) in [5.41, 5.74) is 1.54. The highest BCUT2D eigenvalue weighted by atomic mass is 32.1. The molecule has 2 aromatic rings. The molecule has 0 radical (unpaired) electrons. The lowest BCUT2D eigenvalue weighted by molar-refractivity contribution is -0.153. The predicted molar refractivity (Wildman–Crippen MR) is 96.4 cm³/mol. The van der Waals surface area contributed by atoms with Gasteiger partial charge in [0.15, 0.2) is 6.10 Å². The van der Waals surface area contributed by atoms with E-state index in [0.717, 1.165) is 5.56 Å². The first-order chi connectivity index (χ1) is 12.0. The van der Waals surface area contributed by atoms with Crippen molar-refractivity contribution in [3.05, 3.63) is 40.6 Å². The first kappa shape index (κ1) is 18.8. The van der Waals surface area contributed by atoms with Crippen LogP contribution < -0.4 is 14.8 Å². The van der Waals surface area contributed by atoms with Gasteiger partial charge in [0, 0.05) is 12.5 Å². The van der Waals surface area contributed by atoms with Crippen molar-refractivity contribution in [3.63, 3.8) is 0 Å². The summed E-state index contributed by atoms with van der Waals surface area (Å²) in [6.45, 7) is 1.53. The van der Waals surface area contributed by atoms with E-state index >= 15 is 0 Å². The molecule has 1 aromatic carbocycles. The van der Waals surface area contributed by atoms with E-state index in [2.05, 4.69) is 5.32 Å². The number of amides is 1. The minimum absolute atomic E-state index is 0.233. The first-order valence-corrected chi connectivity index (χ1v) is 8.71. The van der Waals surface area contributed by atoms with Crippen molar-refractivity contribution in [1.29, 1.82) is 0 Å². The van der Waals surface area contributed by atoms with Crippen LogP contribution in [0.2, 0.25) is 0 Å². The topological polar surface area (TPSA) is 73.9 Å². The van der Waals surface area contributed by atoms with E-state index in [1.807, 2.05) is 16.8 Å². The van der Waals surface area contributed by atoms with Crippen molar-refractivity contribution >= 4 is 28.9 Å². The number of carbonyl (C=O) groups is 2. The van der Waals surface area contributed by atoms with Crippen LogP contribution in [0.25, 0.3) is 0 Å². The summed E-state index contributed by atoms with van der Waals surface area (Å²) < 4.78 is 15.5. The van der Waals surface area contributed by atoms with Crippen LogP contribution in [-0.4, -0.2) is 32.2 Å². The molecule has 1 aromatic heterocycles. The molecule has 1 N–H and O–H groups in total. The fraction of sp³-hybridized carbons (Fsp3) is 0.333. The largest absolute Gasteiger partial charge is 0.497 e. The normalized spacial score (nSPS) is 11.5. The molecular weight excluding hydrogens is 342 g/mol. The van der Waals surface area contributed by atoms with Crippen LogP contribution >= 0.6 is 11.3 Å². The number of esters is 1. The smallest absolute Gasteiger partial charge is 0.306 e. The number of hydrogen-bond acceptors (Lipinski definition) is 6. The zero-order valence-corrected chi connectivity index (χ0v) is 15.2. The number of hydrogen-bond donors (Lipinski definition) is 1. The van der Waals surface area contributed by atoms with Gasteiger partial charge in [-0.3, -0.25) is 9.59 Å². The summed E-state index contributed by atoms with van der Waals surface area (Å²) >= 11 is 1.58. The van der Waals surface area contributed by atoms with Crippen LogP contribution in [0.1, 0.15) is 18.9 Å². The van der Waals surface area contributed by atoms with E-state index in [0.29, 0.717) is 23.6 Å². The highest BCUT2D eigenvalue weighted by Crippen LogP contribution is 2.29. The lowest BCUT2D eigenvalue weighted by Gasteiger charge is -2.16. The molecule has 0 saturated carbocycles. The Hall–Kier alpha value is -2.54. The quantitative estimate of drug-likeness (QED) is 0.729. The van der Waals surface area contributed by atoms with Crippen LogP contribution in [0.3, 0.4) is 0 Å². The average molecular weight is 363 g/mol. The Morgan fingerprint density at radius 3 is 2.64 bits per heavy atom. The fourth-order valence-electron chi connectivity index (χ4n) is 2.14. The van der Waals surface area contributed by atoms with Crippen LogP contribution in [0.5, 0.6) is 11.5 Å². The zero-order chi connectivity index (χ0) is 18.2. The first-order valence-electron chi connectivity index (χ1n) is 7.77. The van der Waals surface area contributed by atoms with Crippen LogP contribution in [0.15, 0.2) is 35.0 Å². The Bertz CT molecular complexity index is 714. The Balaban J connectivity index is 1.90. The number of aryl methyl sites for hydroxylation is 1. The Morgan fingerprint density at radius 1 is 1.20 bits per heavy atom. The predicted octanol–water partition coefficient (Wildman–Crippen LogP) is 3.27. The summed E-state index contributed by atoms with van der Waals surface area (Å²) in [5.74, 6) is 0.225. The van der Waals surface area contributed by atoms with Crippen molar-refractivity contribution in [2.45, 2.75) is 25.9 Å². The Kier molecular flexibility index (Phi) is 6.82. The molecule has 0 aliphatic heterocycles. The number of anilines is 1.